The van der Waals surface area contributed by atoms with Gasteiger partial charge >= 0.3 is 0 Å². The van der Waals surface area contributed by atoms with Crippen LogP contribution in [0.2, 0.25) is 5.02 Å². The molecule has 0 saturated heterocycles. The van der Waals surface area contributed by atoms with Crippen molar-refractivity contribution in [2.24, 2.45) is 0 Å². The van der Waals surface area contributed by atoms with Crippen molar-refractivity contribution in [2.75, 3.05) is 0 Å². The number of thiophene rings is 1. The third-order valence-corrected chi connectivity index (χ3v) is 4.46. The van der Waals surface area contributed by atoms with Gasteiger partial charge < -0.3 is 14.6 Å². The van der Waals surface area contributed by atoms with Gasteiger partial charge in [-0.1, -0.05) is 35.8 Å². The largest absolute Gasteiger partial charge is 0.481 e. The molecule has 1 atom stereocenters. The molecular weight excluding hydrogens is 362 g/mol. The number of hydrogen-bond donors (Lipinski definition) is 1. The Morgan fingerprint density at radius 3 is 3.00 bits per heavy atom. The van der Waals surface area contributed by atoms with E-state index in [9.17, 15) is 4.79 Å². The van der Waals surface area contributed by atoms with Crippen molar-refractivity contribution < 1.29 is 14.1 Å². The highest BCUT2D eigenvalue weighted by molar-refractivity contribution is 7.13. The van der Waals surface area contributed by atoms with Gasteiger partial charge in [0.25, 0.3) is 5.91 Å². The van der Waals surface area contributed by atoms with E-state index in [1.54, 1.807) is 24.3 Å². The van der Waals surface area contributed by atoms with Crippen molar-refractivity contribution in [3.05, 3.63) is 52.7 Å². The molecule has 3 aromatic rings. The molecule has 6 nitrogen and oxygen atoms in total. The van der Waals surface area contributed by atoms with Gasteiger partial charge in [-0.05, 0) is 36.1 Å². The molecule has 1 aromatic carbocycles. The van der Waals surface area contributed by atoms with Crippen LogP contribution in [0.15, 0.2) is 46.3 Å². The number of ether oxygens (including phenoxy) is 1. The molecule has 0 spiro atoms. The lowest BCUT2D eigenvalue weighted by Gasteiger charge is -2.16. The van der Waals surface area contributed by atoms with E-state index in [2.05, 4.69) is 15.5 Å². The van der Waals surface area contributed by atoms with E-state index >= 15 is 0 Å². The zero-order valence-corrected chi connectivity index (χ0v) is 15.0. The quantitative estimate of drug-likeness (QED) is 0.675. The van der Waals surface area contributed by atoms with E-state index in [1.165, 1.54) is 11.3 Å². The van der Waals surface area contributed by atoms with Crippen LogP contribution >= 0.6 is 22.9 Å². The van der Waals surface area contributed by atoms with Crippen molar-refractivity contribution in [3.63, 3.8) is 0 Å². The first-order valence-corrected chi connectivity index (χ1v) is 8.98. The SMILES string of the molecule is CC[C@@H](Oc1cccc(Cl)c1)C(=O)NCc1nc(-c2cccs2)no1. The number of aromatic nitrogens is 2. The highest BCUT2D eigenvalue weighted by Gasteiger charge is 2.19. The molecule has 25 heavy (non-hydrogen) atoms. The maximum atomic E-state index is 12.3. The van der Waals surface area contributed by atoms with Crippen LogP contribution < -0.4 is 10.1 Å². The van der Waals surface area contributed by atoms with Crippen LogP contribution in [0.5, 0.6) is 5.75 Å². The molecule has 0 saturated carbocycles. The summed E-state index contributed by atoms with van der Waals surface area (Å²) < 4.78 is 10.9. The van der Waals surface area contributed by atoms with Crippen LogP contribution in [0.4, 0.5) is 0 Å². The minimum Gasteiger partial charge on any atom is -0.481 e. The molecule has 0 aliphatic carbocycles. The predicted molar refractivity (Wildman–Crippen MR) is 95.6 cm³/mol. The van der Waals surface area contributed by atoms with E-state index in [-0.39, 0.29) is 12.5 Å². The van der Waals surface area contributed by atoms with Crippen LogP contribution in [0, 0.1) is 0 Å². The Balaban J connectivity index is 1.57. The summed E-state index contributed by atoms with van der Waals surface area (Å²) in [7, 11) is 0. The molecule has 8 heteroatoms. The Bertz CT molecular complexity index is 835. The molecular formula is C17H16ClN3O3S. The molecule has 2 aromatic heterocycles. The third-order valence-electron chi connectivity index (χ3n) is 3.36. The van der Waals surface area contributed by atoms with Crippen LogP contribution in [0.25, 0.3) is 10.7 Å². The van der Waals surface area contributed by atoms with E-state index in [1.807, 2.05) is 24.4 Å². The van der Waals surface area contributed by atoms with E-state index in [4.69, 9.17) is 20.9 Å². The minimum atomic E-state index is -0.627. The summed E-state index contributed by atoms with van der Waals surface area (Å²) in [6, 6.07) is 10.8. The lowest BCUT2D eigenvalue weighted by atomic mass is 10.2. The second-order valence-corrected chi connectivity index (χ2v) is 6.56. The van der Waals surface area contributed by atoms with Crippen molar-refractivity contribution in [1.29, 1.82) is 0 Å². The summed E-state index contributed by atoms with van der Waals surface area (Å²) in [6.45, 7) is 2.02. The van der Waals surface area contributed by atoms with Crippen molar-refractivity contribution in [2.45, 2.75) is 26.0 Å². The lowest BCUT2D eigenvalue weighted by Crippen LogP contribution is -2.37. The number of halogens is 1. The maximum absolute atomic E-state index is 12.3. The lowest BCUT2D eigenvalue weighted by molar-refractivity contribution is -0.128. The van der Waals surface area contributed by atoms with Crippen molar-refractivity contribution in [3.8, 4) is 16.5 Å². The smallest absolute Gasteiger partial charge is 0.261 e. The van der Waals surface area contributed by atoms with Gasteiger partial charge in [0.15, 0.2) is 6.10 Å². The average molecular weight is 378 g/mol. The van der Waals surface area contributed by atoms with Gasteiger partial charge in [-0.25, -0.2) is 0 Å². The second kappa shape index (κ2) is 8.13. The molecule has 0 bridgehead atoms. The highest BCUT2D eigenvalue weighted by atomic mass is 35.5. The van der Waals surface area contributed by atoms with Gasteiger partial charge in [0, 0.05) is 5.02 Å². The molecule has 0 aliphatic heterocycles. The second-order valence-electron chi connectivity index (χ2n) is 5.18. The van der Waals surface area contributed by atoms with Gasteiger partial charge in [-0.3, -0.25) is 4.79 Å². The van der Waals surface area contributed by atoms with E-state index in [0.29, 0.717) is 28.9 Å². The Morgan fingerprint density at radius 1 is 1.40 bits per heavy atom. The normalized spacial score (nSPS) is 11.9. The molecule has 1 N–H and O–H groups in total. The summed E-state index contributed by atoms with van der Waals surface area (Å²) in [6.07, 6.45) is -0.110. The fourth-order valence-electron chi connectivity index (χ4n) is 2.14. The standard InChI is InChI=1S/C17H16ClN3O3S/c1-2-13(23-12-6-3-5-11(18)9-12)17(22)19-10-15-20-16(21-24-15)14-7-4-8-25-14/h3-9,13H,2,10H2,1H3,(H,19,22)/t13-/m1/s1. The number of hydrogen-bond acceptors (Lipinski definition) is 6. The van der Waals surface area contributed by atoms with Gasteiger partial charge in [0.05, 0.1) is 11.4 Å². The fourth-order valence-corrected chi connectivity index (χ4v) is 2.97. The Kier molecular flexibility index (Phi) is 5.67. The average Bonchev–Trinajstić information content (AvgIpc) is 3.28. The van der Waals surface area contributed by atoms with Gasteiger partial charge in [0.1, 0.15) is 5.75 Å². The van der Waals surface area contributed by atoms with Gasteiger partial charge in [-0.15, -0.1) is 11.3 Å². The van der Waals surface area contributed by atoms with E-state index < -0.39 is 6.10 Å². The Morgan fingerprint density at radius 2 is 2.28 bits per heavy atom. The first kappa shape index (κ1) is 17.4. The number of rotatable bonds is 7. The summed E-state index contributed by atoms with van der Waals surface area (Å²) in [5.74, 6) is 1.15. The molecule has 0 fully saturated rings. The number of nitrogens with zero attached hydrogens (tertiary/aromatic N) is 2. The summed E-state index contributed by atoms with van der Waals surface area (Å²) in [5, 5.41) is 9.15. The minimum absolute atomic E-state index is 0.145. The number of nitrogens with one attached hydrogen (secondary N) is 1. The van der Waals surface area contributed by atoms with Crippen LogP contribution in [0.3, 0.4) is 0 Å². The summed E-state index contributed by atoms with van der Waals surface area (Å²) in [4.78, 5) is 17.5. The Labute approximate surface area is 153 Å². The van der Waals surface area contributed by atoms with Crippen LogP contribution in [-0.4, -0.2) is 22.2 Å². The molecule has 2 heterocycles. The maximum Gasteiger partial charge on any atom is 0.261 e. The van der Waals surface area contributed by atoms with E-state index in [0.717, 1.165) is 4.88 Å². The molecule has 1 amide bonds. The summed E-state index contributed by atoms with van der Waals surface area (Å²) in [5.41, 5.74) is 0. The molecule has 0 aliphatic rings. The molecule has 0 radical (unpaired) electrons. The van der Waals surface area contributed by atoms with Gasteiger partial charge in [0.2, 0.25) is 11.7 Å². The summed E-state index contributed by atoms with van der Waals surface area (Å²) >= 11 is 7.45. The zero-order valence-electron chi connectivity index (χ0n) is 13.4. The Hall–Kier alpha value is -2.38. The third kappa shape index (κ3) is 4.58. The first-order chi connectivity index (χ1) is 12.2. The fraction of sp³-hybridized carbons (Fsp3) is 0.235. The first-order valence-electron chi connectivity index (χ1n) is 7.72. The predicted octanol–water partition coefficient (Wildman–Crippen LogP) is 3.93. The van der Waals surface area contributed by atoms with Crippen LogP contribution in [-0.2, 0) is 11.3 Å². The molecule has 130 valence electrons. The number of carbonyl (C=O) groups excluding carboxylic acids is 1. The zero-order chi connectivity index (χ0) is 17.6. The number of benzene rings is 1. The number of carbonyl (C=O) groups is 1. The van der Waals surface area contributed by atoms with Crippen molar-refractivity contribution >= 4 is 28.8 Å². The van der Waals surface area contributed by atoms with Crippen molar-refractivity contribution in [1.82, 2.24) is 15.5 Å². The highest BCUT2D eigenvalue weighted by Crippen LogP contribution is 2.21. The monoisotopic (exact) mass is 377 g/mol. The topological polar surface area (TPSA) is 77.2 Å². The molecule has 0 unspecified atom stereocenters. The van der Waals surface area contributed by atoms with Gasteiger partial charge in [-0.2, -0.15) is 4.98 Å². The molecule has 3 rings (SSSR count). The van der Waals surface area contributed by atoms with Crippen LogP contribution in [0.1, 0.15) is 19.2 Å². The number of amides is 1.